The van der Waals surface area contributed by atoms with Gasteiger partial charge in [0.1, 0.15) is 0 Å². The van der Waals surface area contributed by atoms with Crippen LogP contribution in [0.4, 0.5) is 0 Å². The molecule has 1 saturated heterocycles. The molecule has 20 heavy (non-hydrogen) atoms. The maximum atomic E-state index is 5.23. The number of halogens is 1. The molecule has 0 aromatic carbocycles. The van der Waals surface area contributed by atoms with E-state index in [1.54, 1.807) is 13.2 Å². The van der Waals surface area contributed by atoms with Crippen LogP contribution in [0.2, 0.25) is 0 Å². The molecule has 1 aliphatic heterocycles. The number of ether oxygens (including phenoxy) is 1. The average molecular weight is 393 g/mol. The van der Waals surface area contributed by atoms with Crippen molar-refractivity contribution in [2.24, 2.45) is 10.4 Å². The van der Waals surface area contributed by atoms with Gasteiger partial charge >= 0.3 is 0 Å². The van der Waals surface area contributed by atoms with Gasteiger partial charge in [-0.3, -0.25) is 9.67 Å². The fraction of sp³-hybridized carbons (Fsp3) is 0.692. The molecule has 0 unspecified atom stereocenters. The summed E-state index contributed by atoms with van der Waals surface area (Å²) in [7, 11) is 1.79. The van der Waals surface area contributed by atoms with Gasteiger partial charge in [-0.25, -0.2) is 0 Å². The Morgan fingerprint density at radius 2 is 2.25 bits per heavy atom. The Balaban J connectivity index is 0.00000200. The van der Waals surface area contributed by atoms with E-state index in [4.69, 9.17) is 4.74 Å². The average Bonchev–Trinajstić information content (AvgIpc) is 2.89. The Morgan fingerprint density at radius 3 is 2.80 bits per heavy atom. The number of nitrogens with zero attached hydrogens (tertiary/aromatic N) is 3. The first-order valence-electron chi connectivity index (χ1n) is 6.72. The van der Waals surface area contributed by atoms with E-state index >= 15 is 0 Å². The summed E-state index contributed by atoms with van der Waals surface area (Å²) >= 11 is 0. The molecule has 1 aromatic rings. The summed E-state index contributed by atoms with van der Waals surface area (Å²) in [6.07, 6.45) is 4.79. The molecule has 0 spiro atoms. The lowest BCUT2D eigenvalue weighted by molar-refractivity contribution is -0.0971. The smallest absolute Gasteiger partial charge is 0.191 e. The molecular weight excluding hydrogens is 369 g/mol. The fourth-order valence-electron chi connectivity index (χ4n) is 1.95. The number of aryl methyl sites for hydroxylation is 1. The third kappa shape index (κ3) is 5.28. The van der Waals surface area contributed by atoms with Crippen molar-refractivity contribution in [3.8, 4) is 0 Å². The van der Waals surface area contributed by atoms with E-state index in [1.165, 1.54) is 0 Å². The van der Waals surface area contributed by atoms with Crippen molar-refractivity contribution in [1.82, 2.24) is 20.4 Å². The Hall–Kier alpha value is -0.830. The Labute approximate surface area is 137 Å². The third-order valence-electron chi connectivity index (χ3n) is 3.22. The molecule has 7 heteroatoms. The van der Waals surface area contributed by atoms with Crippen LogP contribution in [-0.2, 0) is 11.3 Å². The monoisotopic (exact) mass is 393 g/mol. The minimum atomic E-state index is 0. The molecule has 0 radical (unpaired) electrons. The van der Waals surface area contributed by atoms with Gasteiger partial charge in [-0.05, 0) is 12.5 Å². The van der Waals surface area contributed by atoms with Gasteiger partial charge in [-0.1, -0.05) is 6.92 Å². The van der Waals surface area contributed by atoms with Crippen LogP contribution in [0.1, 0.15) is 13.3 Å². The maximum absolute atomic E-state index is 5.23. The topological polar surface area (TPSA) is 63.5 Å². The maximum Gasteiger partial charge on any atom is 0.191 e. The number of aromatic nitrogens is 2. The summed E-state index contributed by atoms with van der Waals surface area (Å²) in [5.74, 6) is 0.855. The minimum absolute atomic E-state index is 0. The summed E-state index contributed by atoms with van der Waals surface area (Å²) in [5.41, 5.74) is 0.257. The highest BCUT2D eigenvalue weighted by Crippen LogP contribution is 2.24. The lowest BCUT2D eigenvalue weighted by Gasteiger charge is -2.38. The number of guanidine groups is 1. The molecule has 2 rings (SSSR count). The lowest BCUT2D eigenvalue weighted by atomic mass is 9.89. The van der Waals surface area contributed by atoms with Gasteiger partial charge in [-0.2, -0.15) is 5.10 Å². The van der Waals surface area contributed by atoms with Gasteiger partial charge in [0.15, 0.2) is 5.96 Å². The van der Waals surface area contributed by atoms with Crippen LogP contribution in [0.3, 0.4) is 0 Å². The first kappa shape index (κ1) is 17.2. The third-order valence-corrected chi connectivity index (χ3v) is 3.22. The molecule has 0 amide bonds. The molecule has 0 aliphatic carbocycles. The Bertz CT molecular complexity index is 403. The van der Waals surface area contributed by atoms with Crippen molar-refractivity contribution in [3.63, 3.8) is 0 Å². The van der Waals surface area contributed by atoms with Crippen molar-refractivity contribution < 1.29 is 4.74 Å². The second-order valence-electron chi connectivity index (χ2n) is 5.28. The normalized spacial score (nSPS) is 17.0. The van der Waals surface area contributed by atoms with Crippen LogP contribution in [0.5, 0.6) is 0 Å². The van der Waals surface area contributed by atoms with E-state index in [0.29, 0.717) is 0 Å². The minimum Gasteiger partial charge on any atom is -0.380 e. The van der Waals surface area contributed by atoms with Gasteiger partial charge in [0.25, 0.3) is 0 Å². The van der Waals surface area contributed by atoms with E-state index in [0.717, 1.165) is 45.2 Å². The Morgan fingerprint density at radius 1 is 1.45 bits per heavy atom. The van der Waals surface area contributed by atoms with Gasteiger partial charge < -0.3 is 15.4 Å². The van der Waals surface area contributed by atoms with Crippen molar-refractivity contribution >= 4 is 29.9 Å². The second kappa shape index (κ2) is 8.46. The van der Waals surface area contributed by atoms with Crippen LogP contribution in [0, 0.1) is 5.41 Å². The van der Waals surface area contributed by atoms with Crippen LogP contribution in [-0.4, -0.2) is 49.1 Å². The standard InChI is InChI=1S/C13H23N5O.HI/c1-13(10-19-11-13)9-16-12(14-2)15-5-3-7-18-8-4-6-17-18;/h4,6,8H,3,5,7,9-11H2,1-2H3,(H2,14,15,16);1H. The van der Waals surface area contributed by atoms with Gasteiger partial charge in [0.2, 0.25) is 0 Å². The second-order valence-corrected chi connectivity index (χ2v) is 5.28. The molecule has 2 N–H and O–H groups in total. The molecule has 1 aromatic heterocycles. The largest absolute Gasteiger partial charge is 0.380 e. The quantitative estimate of drug-likeness (QED) is 0.329. The summed E-state index contributed by atoms with van der Waals surface area (Å²) in [6.45, 7) is 6.57. The van der Waals surface area contributed by atoms with Crippen molar-refractivity contribution in [2.75, 3.05) is 33.4 Å². The number of nitrogens with one attached hydrogen (secondary N) is 2. The number of hydrogen-bond acceptors (Lipinski definition) is 3. The fourth-order valence-corrected chi connectivity index (χ4v) is 1.95. The highest BCUT2D eigenvalue weighted by atomic mass is 127. The van der Waals surface area contributed by atoms with Gasteiger partial charge in [-0.15, -0.1) is 24.0 Å². The number of aliphatic imine (C=N–C) groups is 1. The van der Waals surface area contributed by atoms with E-state index < -0.39 is 0 Å². The predicted octanol–water partition coefficient (Wildman–Crippen LogP) is 1.09. The molecule has 0 atom stereocenters. The van der Waals surface area contributed by atoms with Gasteiger partial charge in [0, 0.05) is 44.5 Å². The zero-order chi connectivity index (χ0) is 13.6. The van der Waals surface area contributed by atoms with E-state index in [-0.39, 0.29) is 29.4 Å². The summed E-state index contributed by atoms with van der Waals surface area (Å²) in [5, 5.41) is 10.8. The van der Waals surface area contributed by atoms with Crippen LogP contribution in [0.25, 0.3) is 0 Å². The van der Waals surface area contributed by atoms with E-state index in [9.17, 15) is 0 Å². The molecule has 0 bridgehead atoms. The number of rotatable bonds is 6. The lowest BCUT2D eigenvalue weighted by Crippen LogP contribution is -2.51. The molecule has 2 heterocycles. The highest BCUT2D eigenvalue weighted by Gasteiger charge is 2.33. The summed E-state index contributed by atoms with van der Waals surface area (Å²) < 4.78 is 7.17. The molecule has 1 aliphatic rings. The van der Waals surface area contributed by atoms with Crippen molar-refractivity contribution in [1.29, 1.82) is 0 Å². The van der Waals surface area contributed by atoms with Crippen molar-refractivity contribution in [3.05, 3.63) is 18.5 Å². The van der Waals surface area contributed by atoms with Crippen LogP contribution < -0.4 is 10.6 Å². The Kier molecular flexibility index (Phi) is 7.28. The zero-order valence-corrected chi connectivity index (χ0v) is 14.5. The molecule has 1 fully saturated rings. The van der Waals surface area contributed by atoms with Gasteiger partial charge in [0.05, 0.1) is 13.2 Å². The SMILES string of the molecule is CN=C(NCCCn1cccn1)NCC1(C)COC1.I. The predicted molar refractivity (Wildman–Crippen MR) is 90.5 cm³/mol. The first-order chi connectivity index (χ1) is 9.22. The summed E-state index contributed by atoms with van der Waals surface area (Å²) in [6, 6.07) is 1.94. The van der Waals surface area contributed by atoms with Crippen molar-refractivity contribution in [2.45, 2.75) is 19.9 Å². The molecule has 0 saturated carbocycles. The zero-order valence-electron chi connectivity index (χ0n) is 12.1. The molecular formula is C13H24IN5O. The number of hydrogen-bond donors (Lipinski definition) is 2. The van der Waals surface area contributed by atoms with E-state index in [2.05, 4.69) is 27.6 Å². The molecule has 6 nitrogen and oxygen atoms in total. The summed E-state index contributed by atoms with van der Waals surface area (Å²) in [4.78, 5) is 4.22. The van der Waals surface area contributed by atoms with Crippen LogP contribution in [0.15, 0.2) is 23.5 Å². The molecule has 114 valence electrons. The van der Waals surface area contributed by atoms with Crippen LogP contribution >= 0.6 is 24.0 Å². The van der Waals surface area contributed by atoms with E-state index in [1.807, 2.05) is 16.9 Å². The highest BCUT2D eigenvalue weighted by molar-refractivity contribution is 14.0. The first-order valence-corrected chi connectivity index (χ1v) is 6.72.